The molecule has 172 valence electrons. The number of anilines is 1. The van der Waals surface area contributed by atoms with Crippen LogP contribution >= 0.6 is 11.6 Å². The molecule has 0 amide bonds. The highest BCUT2D eigenvalue weighted by molar-refractivity contribution is 6.56. The van der Waals surface area contributed by atoms with Crippen LogP contribution in [-0.4, -0.2) is 39.4 Å². The summed E-state index contributed by atoms with van der Waals surface area (Å²) in [6.07, 6.45) is 4.95. The van der Waals surface area contributed by atoms with Gasteiger partial charge in [0.15, 0.2) is 5.82 Å². The molecule has 0 atom stereocenters. The standard InChI is InChI=1S/C26H26ClN7/c1-2-3-16-33(17-6-15-28)20-13-11-19(12-14-20)29-24-23(21-7-4-5-8-22(21)27)31-34-26(24)30-25(32-34)18-9-10-18/h4-5,7-8,11-14,18H,2-3,6,9-10,16-17H2,1H3. The Morgan fingerprint density at radius 1 is 1.15 bits per heavy atom. The first-order valence-electron chi connectivity index (χ1n) is 11.8. The van der Waals surface area contributed by atoms with E-state index in [1.807, 2.05) is 36.4 Å². The van der Waals surface area contributed by atoms with Crippen LogP contribution in [-0.2, 0) is 0 Å². The van der Waals surface area contributed by atoms with E-state index in [2.05, 4.69) is 35.1 Å². The summed E-state index contributed by atoms with van der Waals surface area (Å²) in [7, 11) is 0. The summed E-state index contributed by atoms with van der Waals surface area (Å²) in [6.45, 7) is 3.83. The molecule has 8 heteroatoms. The molecule has 1 fully saturated rings. The maximum atomic E-state index is 9.02. The molecule has 2 heterocycles. The quantitative estimate of drug-likeness (QED) is 0.399. The molecule has 34 heavy (non-hydrogen) atoms. The van der Waals surface area contributed by atoms with Gasteiger partial charge >= 0.3 is 0 Å². The third-order valence-electron chi connectivity index (χ3n) is 6.04. The largest absolute Gasteiger partial charge is 0.371 e. The maximum Gasteiger partial charge on any atom is 0.204 e. The highest BCUT2D eigenvalue weighted by Crippen LogP contribution is 2.38. The second-order valence-corrected chi connectivity index (χ2v) is 9.02. The summed E-state index contributed by atoms with van der Waals surface area (Å²) < 4.78 is 0. The van der Waals surface area contributed by atoms with E-state index in [9.17, 15) is 0 Å². The molecule has 0 radical (unpaired) electrons. The maximum absolute atomic E-state index is 9.02. The molecule has 2 aromatic carbocycles. The summed E-state index contributed by atoms with van der Waals surface area (Å²) >= 11 is 6.50. The van der Waals surface area contributed by atoms with Crippen LogP contribution in [0.5, 0.6) is 0 Å². The van der Waals surface area contributed by atoms with Crippen LogP contribution in [0, 0.1) is 11.3 Å². The molecule has 7 nitrogen and oxygen atoms in total. The van der Waals surface area contributed by atoms with Crippen LogP contribution in [0.3, 0.4) is 0 Å². The third-order valence-corrected chi connectivity index (χ3v) is 6.37. The molecular weight excluding hydrogens is 446 g/mol. The number of nitriles is 1. The number of aromatic nitrogens is 3. The second kappa shape index (κ2) is 9.78. The highest BCUT2D eigenvalue weighted by atomic mass is 35.5. The fourth-order valence-electron chi connectivity index (χ4n) is 4.01. The lowest BCUT2D eigenvalue weighted by atomic mass is 10.1. The minimum atomic E-state index is 0.431. The zero-order valence-corrected chi connectivity index (χ0v) is 19.9. The van der Waals surface area contributed by atoms with Crippen LogP contribution < -0.4 is 4.90 Å². The van der Waals surface area contributed by atoms with Gasteiger partial charge in [-0.15, -0.1) is 15.0 Å². The van der Waals surface area contributed by atoms with Crippen molar-refractivity contribution in [2.45, 2.75) is 44.9 Å². The van der Waals surface area contributed by atoms with Crippen LogP contribution in [0.4, 0.5) is 11.4 Å². The van der Waals surface area contributed by atoms with E-state index in [1.165, 1.54) is 0 Å². The van der Waals surface area contributed by atoms with Gasteiger partial charge in [0.2, 0.25) is 5.82 Å². The first kappa shape index (κ1) is 22.3. The molecule has 3 aromatic rings. The average Bonchev–Trinajstić information content (AvgIpc) is 3.54. The smallest absolute Gasteiger partial charge is 0.204 e. The number of rotatable bonds is 9. The van der Waals surface area contributed by atoms with Gasteiger partial charge in [0, 0.05) is 30.3 Å². The van der Waals surface area contributed by atoms with E-state index in [-0.39, 0.29) is 0 Å². The van der Waals surface area contributed by atoms with Gasteiger partial charge in [-0.25, -0.2) is 9.98 Å². The van der Waals surface area contributed by atoms with Gasteiger partial charge in [-0.2, -0.15) is 5.26 Å². The van der Waals surface area contributed by atoms with Crippen LogP contribution in [0.2, 0.25) is 5.02 Å². The van der Waals surface area contributed by atoms with Gasteiger partial charge in [-0.1, -0.05) is 43.1 Å². The van der Waals surface area contributed by atoms with Crippen molar-refractivity contribution in [2.24, 2.45) is 10.1 Å². The van der Waals surface area contributed by atoms with Crippen molar-refractivity contribution in [2.75, 3.05) is 18.0 Å². The van der Waals surface area contributed by atoms with Crippen LogP contribution in [0.1, 0.15) is 62.2 Å². The first-order chi connectivity index (χ1) is 16.7. The van der Waals surface area contributed by atoms with Crippen LogP contribution in [0.15, 0.2) is 58.6 Å². The molecule has 1 saturated carbocycles. The molecule has 0 saturated heterocycles. The van der Waals surface area contributed by atoms with E-state index in [0.717, 1.165) is 61.5 Å². The van der Waals surface area contributed by atoms with Gasteiger partial charge in [-0.3, -0.25) is 0 Å². The fraction of sp³-hybridized carbons (Fsp3) is 0.346. The summed E-state index contributed by atoms with van der Waals surface area (Å²) in [5, 5.41) is 18.9. The summed E-state index contributed by atoms with van der Waals surface area (Å²) in [4.78, 5) is 13.6. The van der Waals surface area contributed by atoms with Crippen molar-refractivity contribution in [3.05, 3.63) is 70.8 Å². The van der Waals surface area contributed by atoms with Gasteiger partial charge < -0.3 is 4.90 Å². The SMILES string of the molecule is CCCCN(CCC#N)c1ccc(N=C2C(c3ccccc3Cl)=Nn3nc(C4CC4)nc32)cc1. The van der Waals surface area contributed by atoms with Crippen molar-refractivity contribution in [3.8, 4) is 6.07 Å². The highest BCUT2D eigenvalue weighted by Gasteiger charge is 2.34. The molecule has 0 bridgehead atoms. The van der Waals surface area contributed by atoms with Gasteiger partial charge in [-0.05, 0) is 49.6 Å². The van der Waals surface area contributed by atoms with E-state index in [4.69, 9.17) is 31.9 Å². The van der Waals surface area contributed by atoms with E-state index < -0.39 is 0 Å². The number of benzene rings is 2. The van der Waals surface area contributed by atoms with E-state index in [1.54, 1.807) is 4.79 Å². The molecule has 1 aliphatic carbocycles. The number of halogens is 1. The molecule has 2 aliphatic rings. The number of unbranched alkanes of at least 4 members (excludes halogenated alkanes) is 1. The molecule has 5 rings (SSSR count). The Morgan fingerprint density at radius 2 is 1.94 bits per heavy atom. The zero-order chi connectivity index (χ0) is 23.5. The van der Waals surface area contributed by atoms with Crippen molar-refractivity contribution < 1.29 is 0 Å². The monoisotopic (exact) mass is 471 g/mol. The number of hydrogen-bond donors (Lipinski definition) is 0. The Kier molecular flexibility index (Phi) is 6.41. The lowest BCUT2D eigenvalue weighted by Gasteiger charge is -2.23. The second-order valence-electron chi connectivity index (χ2n) is 8.61. The Morgan fingerprint density at radius 3 is 2.65 bits per heavy atom. The minimum absolute atomic E-state index is 0.431. The lowest BCUT2D eigenvalue weighted by molar-refractivity contribution is 0.718. The predicted octanol–water partition coefficient (Wildman–Crippen LogP) is 5.72. The molecule has 0 spiro atoms. The average molecular weight is 472 g/mol. The number of nitrogens with zero attached hydrogens (tertiary/aromatic N) is 7. The Hall–Kier alpha value is -3.50. The van der Waals surface area contributed by atoms with Gasteiger partial charge in [0.25, 0.3) is 0 Å². The van der Waals surface area contributed by atoms with Crippen molar-refractivity contribution >= 4 is 34.4 Å². The van der Waals surface area contributed by atoms with Gasteiger partial charge in [0.05, 0.1) is 23.2 Å². The molecule has 0 N–H and O–H groups in total. The van der Waals surface area contributed by atoms with Crippen molar-refractivity contribution in [3.63, 3.8) is 0 Å². The van der Waals surface area contributed by atoms with Crippen molar-refractivity contribution in [1.82, 2.24) is 14.9 Å². The summed E-state index contributed by atoms with van der Waals surface area (Å²) in [5.74, 6) is 1.92. The molecule has 1 aliphatic heterocycles. The molecular formula is C26H26ClN7. The molecule has 0 unspecified atom stereocenters. The van der Waals surface area contributed by atoms with Crippen LogP contribution in [0.25, 0.3) is 0 Å². The predicted molar refractivity (Wildman–Crippen MR) is 135 cm³/mol. The third kappa shape index (κ3) is 4.59. The van der Waals surface area contributed by atoms with Gasteiger partial charge in [0.1, 0.15) is 11.4 Å². The topological polar surface area (TPSA) is 82.5 Å². The number of fused-ring (bicyclic) bond motifs is 1. The summed E-state index contributed by atoms with van der Waals surface area (Å²) in [6, 6.07) is 18.0. The minimum Gasteiger partial charge on any atom is -0.371 e. The number of hydrogen-bond acceptors (Lipinski definition) is 6. The van der Waals surface area contributed by atoms with E-state index in [0.29, 0.717) is 34.6 Å². The van der Waals surface area contributed by atoms with E-state index >= 15 is 0 Å². The first-order valence-corrected chi connectivity index (χ1v) is 12.2. The Bertz CT molecular complexity index is 1280. The summed E-state index contributed by atoms with van der Waals surface area (Å²) in [5.41, 5.74) is 4.05. The normalized spacial score (nSPS) is 15.8. The fourth-order valence-corrected chi connectivity index (χ4v) is 4.23. The zero-order valence-electron chi connectivity index (χ0n) is 19.2. The van der Waals surface area contributed by atoms with Crippen molar-refractivity contribution in [1.29, 1.82) is 5.26 Å². The Labute approximate surface area is 204 Å². The number of aliphatic imine (C=N–C) groups is 1. The Balaban J connectivity index is 1.48. The lowest BCUT2D eigenvalue weighted by Crippen LogP contribution is -2.25. The molecule has 1 aromatic heterocycles.